The first-order valence-corrected chi connectivity index (χ1v) is 32.3. The van der Waals surface area contributed by atoms with Crippen LogP contribution in [0.25, 0.3) is 41.7 Å². The summed E-state index contributed by atoms with van der Waals surface area (Å²) in [5.74, 6) is 0. The number of hydrogen-bond acceptors (Lipinski definition) is 2. The Labute approximate surface area is 312 Å². The van der Waals surface area contributed by atoms with E-state index in [0.717, 1.165) is 0 Å². The molecule has 0 nitrogen and oxygen atoms in total. The molecule has 0 saturated carbocycles. The quantitative estimate of drug-likeness (QED) is 0.0351. The van der Waals surface area contributed by atoms with Gasteiger partial charge in [-0.25, -0.2) is 0 Å². The van der Waals surface area contributed by atoms with Gasteiger partial charge in [0.15, 0.2) is 0 Å². The van der Waals surface area contributed by atoms with E-state index < -0.39 is 18.4 Å². The molecular formula is C46H68S2Sn. The second-order valence-corrected chi connectivity index (χ2v) is 34.1. The van der Waals surface area contributed by atoms with Gasteiger partial charge in [-0.2, -0.15) is 0 Å². The average Bonchev–Trinajstić information content (AvgIpc) is 3.71. The van der Waals surface area contributed by atoms with Crippen molar-refractivity contribution in [2.24, 2.45) is 0 Å². The van der Waals surface area contributed by atoms with Gasteiger partial charge >= 0.3 is 237 Å². The SMILES string of the molecule is CCCCCCCCCCCCc1cc2c3cc(CCCCCCCCCCCC)c4c[c]([Sn]([CH3])([CH3])[CH3])sc4c3ccc2c2sc(C)cc12. The standard InChI is InChI=1S/C43H59S2.3CH3.Sn/c1-4-6-8-10-12-14-16-18-20-22-24-34-31-40-37(42-36(34)28-29-44-42)26-27-38-41(40)32-35(39-30-33(3)45-43(38)39)25-23-21-19-17-15-13-11-9-7-5-2;;;;/h26-28,30-32H,4-25H2,1-3H3;3*1H3;. The zero-order valence-corrected chi connectivity index (χ0v) is 36.8. The van der Waals surface area contributed by atoms with Crippen LogP contribution in [0.1, 0.15) is 158 Å². The van der Waals surface area contributed by atoms with Gasteiger partial charge in [0.1, 0.15) is 0 Å². The van der Waals surface area contributed by atoms with Gasteiger partial charge in [-0.3, -0.25) is 0 Å². The van der Waals surface area contributed by atoms with Crippen molar-refractivity contribution in [2.45, 2.75) is 177 Å². The van der Waals surface area contributed by atoms with Crippen LogP contribution in [-0.2, 0) is 12.8 Å². The molecule has 0 amide bonds. The van der Waals surface area contributed by atoms with Crippen molar-refractivity contribution in [2.75, 3.05) is 0 Å². The van der Waals surface area contributed by atoms with Crippen LogP contribution >= 0.6 is 22.7 Å². The van der Waals surface area contributed by atoms with Crippen molar-refractivity contribution < 1.29 is 0 Å². The van der Waals surface area contributed by atoms with E-state index in [1.54, 1.807) is 24.1 Å². The van der Waals surface area contributed by atoms with Gasteiger partial charge in [-0.15, -0.1) is 0 Å². The summed E-state index contributed by atoms with van der Waals surface area (Å²) >= 11 is 1.96. The fraction of sp³-hybridized carbons (Fsp3) is 0.609. The molecule has 0 N–H and O–H groups in total. The van der Waals surface area contributed by atoms with E-state index in [1.165, 1.54) is 178 Å². The van der Waals surface area contributed by atoms with E-state index in [0.29, 0.717) is 0 Å². The summed E-state index contributed by atoms with van der Waals surface area (Å²) in [7, 11) is 0. The zero-order chi connectivity index (χ0) is 34.6. The molecule has 0 aliphatic carbocycles. The Balaban J connectivity index is 1.37. The van der Waals surface area contributed by atoms with Crippen LogP contribution in [0.4, 0.5) is 0 Å². The molecule has 0 fully saturated rings. The van der Waals surface area contributed by atoms with E-state index in [9.17, 15) is 0 Å². The Hall–Kier alpha value is -1.10. The van der Waals surface area contributed by atoms with Crippen molar-refractivity contribution in [3.8, 4) is 0 Å². The number of hydrogen-bond donors (Lipinski definition) is 0. The van der Waals surface area contributed by atoms with Crippen LogP contribution in [0.15, 0.2) is 36.4 Å². The van der Waals surface area contributed by atoms with Crippen molar-refractivity contribution in [3.05, 3.63) is 52.4 Å². The van der Waals surface area contributed by atoms with Gasteiger partial charge < -0.3 is 0 Å². The fourth-order valence-electron chi connectivity index (χ4n) is 8.02. The normalized spacial score (nSPS) is 12.4. The molecule has 0 aliphatic rings. The minimum atomic E-state index is -2.21. The van der Waals surface area contributed by atoms with Crippen LogP contribution in [0.5, 0.6) is 0 Å². The Morgan fingerprint density at radius 1 is 0.429 bits per heavy atom. The Kier molecular flexibility index (Phi) is 15.7. The third-order valence-corrected chi connectivity index (χ3v) is 22.7. The van der Waals surface area contributed by atoms with E-state index in [-0.39, 0.29) is 0 Å². The summed E-state index contributed by atoms with van der Waals surface area (Å²) in [4.78, 5) is 9.22. The summed E-state index contributed by atoms with van der Waals surface area (Å²) < 4.78 is 4.82. The number of aryl methyl sites for hydroxylation is 3. The molecular weight excluding hydrogens is 735 g/mol. The molecule has 0 spiro atoms. The van der Waals surface area contributed by atoms with Gasteiger partial charge in [0, 0.05) is 0 Å². The second kappa shape index (κ2) is 19.7. The summed E-state index contributed by atoms with van der Waals surface area (Å²) in [6.45, 7) is 6.93. The monoisotopic (exact) mass is 804 g/mol. The van der Waals surface area contributed by atoms with Crippen LogP contribution in [-0.4, -0.2) is 18.4 Å². The predicted molar refractivity (Wildman–Crippen MR) is 231 cm³/mol. The molecule has 2 aromatic heterocycles. The van der Waals surface area contributed by atoms with Crippen LogP contribution < -0.4 is 2.89 Å². The third kappa shape index (κ3) is 10.7. The number of unbranched alkanes of at least 4 members (excludes halogenated alkanes) is 18. The molecule has 0 bridgehead atoms. The van der Waals surface area contributed by atoms with Gasteiger partial charge in [-0.1, -0.05) is 78.1 Å². The van der Waals surface area contributed by atoms with Crippen molar-refractivity contribution in [3.63, 3.8) is 0 Å². The number of rotatable bonds is 23. The van der Waals surface area contributed by atoms with Crippen molar-refractivity contribution >= 4 is 85.7 Å². The van der Waals surface area contributed by atoms with E-state index >= 15 is 0 Å². The number of thiophene rings is 2. The molecule has 0 saturated heterocycles. The first kappa shape index (κ1) is 39.1. The van der Waals surface area contributed by atoms with Crippen LogP contribution in [0.3, 0.4) is 0 Å². The summed E-state index contributed by atoms with van der Waals surface area (Å²) in [5.41, 5.74) is 3.21. The first-order chi connectivity index (χ1) is 23.8. The average molecular weight is 804 g/mol. The fourth-order valence-corrected chi connectivity index (χ4v) is 15.5. The van der Waals surface area contributed by atoms with E-state index in [1.807, 2.05) is 11.3 Å². The molecule has 3 heteroatoms. The molecule has 2 heterocycles. The zero-order valence-electron chi connectivity index (χ0n) is 32.3. The number of fused-ring (bicyclic) bond motifs is 7. The van der Waals surface area contributed by atoms with Gasteiger partial charge in [-0.05, 0) is 0 Å². The third-order valence-electron chi connectivity index (χ3n) is 11.0. The molecule has 5 rings (SSSR count). The van der Waals surface area contributed by atoms with Crippen LogP contribution in [0.2, 0.25) is 14.8 Å². The maximum absolute atomic E-state index is 2.65. The molecule has 0 aliphatic heterocycles. The minimum absolute atomic E-state index is 1.21. The second-order valence-electron chi connectivity index (χ2n) is 16.4. The first-order valence-electron chi connectivity index (χ1n) is 20.7. The summed E-state index contributed by atoms with van der Waals surface area (Å²) in [5, 5.41) is 9.10. The van der Waals surface area contributed by atoms with Crippen molar-refractivity contribution in [1.82, 2.24) is 0 Å². The summed E-state index contributed by atoms with van der Waals surface area (Å²) in [6.07, 6.45) is 30.5. The Bertz CT molecular complexity index is 1750. The molecule has 0 atom stereocenters. The molecule has 3 aromatic carbocycles. The molecule has 268 valence electrons. The predicted octanol–water partition coefficient (Wildman–Crippen LogP) is 16.2. The van der Waals surface area contributed by atoms with E-state index in [2.05, 4.69) is 83.3 Å². The van der Waals surface area contributed by atoms with Crippen LogP contribution in [0, 0.1) is 6.92 Å². The van der Waals surface area contributed by atoms with Gasteiger partial charge in [0.2, 0.25) is 0 Å². The number of benzene rings is 3. The topological polar surface area (TPSA) is 0 Å². The summed E-state index contributed by atoms with van der Waals surface area (Å²) in [6, 6.07) is 15.4. The van der Waals surface area contributed by atoms with Gasteiger partial charge in [0.05, 0.1) is 0 Å². The van der Waals surface area contributed by atoms with Gasteiger partial charge in [0.25, 0.3) is 0 Å². The molecule has 0 unspecified atom stereocenters. The molecule has 49 heavy (non-hydrogen) atoms. The molecule has 5 aromatic rings. The van der Waals surface area contributed by atoms with Crippen molar-refractivity contribution in [1.29, 1.82) is 0 Å². The Morgan fingerprint density at radius 3 is 1.24 bits per heavy atom. The maximum atomic E-state index is 2.65. The Morgan fingerprint density at radius 2 is 0.816 bits per heavy atom. The molecule has 0 radical (unpaired) electrons. The van der Waals surface area contributed by atoms with E-state index in [4.69, 9.17) is 0 Å².